The largest absolute Gasteiger partial charge is 0.378 e. The van der Waals surface area contributed by atoms with Gasteiger partial charge in [0.1, 0.15) is 0 Å². The van der Waals surface area contributed by atoms with Crippen molar-refractivity contribution in [2.75, 3.05) is 6.61 Å². The van der Waals surface area contributed by atoms with E-state index in [9.17, 15) is 0 Å². The van der Waals surface area contributed by atoms with Crippen molar-refractivity contribution in [1.29, 1.82) is 0 Å². The highest BCUT2D eigenvalue weighted by molar-refractivity contribution is 4.90. The summed E-state index contributed by atoms with van der Waals surface area (Å²) in [6.07, 6.45) is 9.74. The van der Waals surface area contributed by atoms with Crippen LogP contribution in [0.2, 0.25) is 0 Å². The zero-order valence-electron chi connectivity index (χ0n) is 8.25. The van der Waals surface area contributed by atoms with Crippen LogP contribution in [0.1, 0.15) is 39.5 Å². The van der Waals surface area contributed by atoms with Crippen LogP contribution in [0, 0.1) is 5.92 Å². The van der Waals surface area contributed by atoms with E-state index in [0.29, 0.717) is 6.10 Å². The van der Waals surface area contributed by atoms with Gasteiger partial charge in [-0.1, -0.05) is 26.0 Å². The van der Waals surface area contributed by atoms with Gasteiger partial charge in [-0.3, -0.25) is 0 Å². The first-order valence-corrected chi connectivity index (χ1v) is 5.05. The van der Waals surface area contributed by atoms with Crippen LogP contribution < -0.4 is 0 Å². The fourth-order valence-corrected chi connectivity index (χ4v) is 1.39. The predicted octanol–water partition coefficient (Wildman–Crippen LogP) is 3.16. The summed E-state index contributed by atoms with van der Waals surface area (Å²) < 4.78 is 5.74. The zero-order valence-corrected chi connectivity index (χ0v) is 8.25. The molecular weight excluding hydrogens is 148 g/mol. The van der Waals surface area contributed by atoms with Crippen LogP contribution >= 0.6 is 0 Å². The van der Waals surface area contributed by atoms with E-state index >= 15 is 0 Å². The second kappa shape index (κ2) is 5.36. The second-order valence-corrected chi connectivity index (χ2v) is 3.96. The summed E-state index contributed by atoms with van der Waals surface area (Å²) in [5.74, 6) is 0.768. The van der Waals surface area contributed by atoms with E-state index in [1.807, 2.05) is 0 Å². The number of allylic oxidation sites excluding steroid dienone is 1. The van der Waals surface area contributed by atoms with Gasteiger partial charge in [-0.15, -0.1) is 0 Å². The highest BCUT2D eigenvalue weighted by Crippen LogP contribution is 2.14. The van der Waals surface area contributed by atoms with Crippen molar-refractivity contribution in [1.82, 2.24) is 0 Å². The summed E-state index contributed by atoms with van der Waals surface area (Å²) >= 11 is 0. The van der Waals surface area contributed by atoms with Crippen molar-refractivity contribution in [3.8, 4) is 0 Å². The lowest BCUT2D eigenvalue weighted by Gasteiger charge is -2.18. The molecule has 0 heterocycles. The van der Waals surface area contributed by atoms with E-state index in [1.54, 1.807) is 0 Å². The van der Waals surface area contributed by atoms with Gasteiger partial charge < -0.3 is 4.74 Å². The average Bonchev–Trinajstić information content (AvgIpc) is 2.05. The van der Waals surface area contributed by atoms with Crippen LogP contribution in [-0.4, -0.2) is 12.7 Å². The Morgan fingerprint density at radius 1 is 1.42 bits per heavy atom. The van der Waals surface area contributed by atoms with E-state index in [4.69, 9.17) is 4.74 Å². The Labute approximate surface area is 75.8 Å². The third-order valence-corrected chi connectivity index (χ3v) is 2.27. The van der Waals surface area contributed by atoms with Crippen LogP contribution in [0.25, 0.3) is 0 Å². The Morgan fingerprint density at radius 2 is 2.25 bits per heavy atom. The Bertz CT molecular complexity index is 138. The van der Waals surface area contributed by atoms with Crippen LogP contribution in [0.4, 0.5) is 0 Å². The molecule has 1 aliphatic rings. The minimum absolute atomic E-state index is 0.508. The van der Waals surface area contributed by atoms with Gasteiger partial charge in [0.05, 0.1) is 6.10 Å². The zero-order chi connectivity index (χ0) is 8.81. The third-order valence-electron chi connectivity index (χ3n) is 2.27. The Kier molecular flexibility index (Phi) is 4.37. The lowest BCUT2D eigenvalue weighted by molar-refractivity contribution is 0.0412. The number of hydrogen-bond donors (Lipinski definition) is 0. The van der Waals surface area contributed by atoms with E-state index < -0.39 is 0 Å². The first-order valence-electron chi connectivity index (χ1n) is 5.05. The van der Waals surface area contributed by atoms with E-state index in [-0.39, 0.29) is 0 Å². The molecule has 1 rings (SSSR count). The van der Waals surface area contributed by atoms with Crippen LogP contribution in [0.5, 0.6) is 0 Å². The Morgan fingerprint density at radius 3 is 2.83 bits per heavy atom. The molecule has 1 unspecified atom stereocenters. The molecule has 12 heavy (non-hydrogen) atoms. The summed E-state index contributed by atoms with van der Waals surface area (Å²) in [5.41, 5.74) is 0. The van der Waals surface area contributed by atoms with Gasteiger partial charge in [0.15, 0.2) is 0 Å². The molecule has 1 nitrogen and oxygen atoms in total. The topological polar surface area (TPSA) is 9.23 Å². The SMILES string of the molecule is CC(C)CCOC1CC=CCC1. The molecule has 0 fully saturated rings. The van der Waals surface area contributed by atoms with Crippen molar-refractivity contribution >= 4 is 0 Å². The van der Waals surface area contributed by atoms with Crippen molar-refractivity contribution in [2.24, 2.45) is 5.92 Å². The third kappa shape index (κ3) is 3.91. The number of hydrogen-bond acceptors (Lipinski definition) is 1. The summed E-state index contributed by atoms with van der Waals surface area (Å²) in [6, 6.07) is 0. The van der Waals surface area contributed by atoms with E-state index in [1.165, 1.54) is 19.3 Å². The smallest absolute Gasteiger partial charge is 0.0612 e. The highest BCUT2D eigenvalue weighted by atomic mass is 16.5. The van der Waals surface area contributed by atoms with Crippen LogP contribution in [-0.2, 0) is 4.74 Å². The molecule has 1 heteroatoms. The monoisotopic (exact) mass is 168 g/mol. The first-order chi connectivity index (χ1) is 5.79. The van der Waals surface area contributed by atoms with Gasteiger partial charge in [0, 0.05) is 6.61 Å². The fraction of sp³-hybridized carbons (Fsp3) is 0.818. The molecule has 0 bridgehead atoms. The van der Waals surface area contributed by atoms with E-state index in [2.05, 4.69) is 26.0 Å². The van der Waals surface area contributed by atoms with Crippen LogP contribution in [0.3, 0.4) is 0 Å². The molecule has 0 amide bonds. The van der Waals surface area contributed by atoms with E-state index in [0.717, 1.165) is 18.9 Å². The molecule has 0 aromatic carbocycles. The van der Waals surface area contributed by atoms with Crippen molar-refractivity contribution in [3.05, 3.63) is 12.2 Å². The lowest BCUT2D eigenvalue weighted by Crippen LogP contribution is -2.15. The highest BCUT2D eigenvalue weighted by Gasteiger charge is 2.09. The maximum atomic E-state index is 5.74. The Balaban J connectivity index is 2.03. The first kappa shape index (κ1) is 9.79. The molecular formula is C11H20O. The molecule has 0 N–H and O–H groups in total. The maximum absolute atomic E-state index is 5.74. The minimum Gasteiger partial charge on any atom is -0.378 e. The average molecular weight is 168 g/mol. The van der Waals surface area contributed by atoms with Gasteiger partial charge >= 0.3 is 0 Å². The minimum atomic E-state index is 0.508. The molecule has 0 radical (unpaired) electrons. The number of ether oxygens (including phenoxy) is 1. The maximum Gasteiger partial charge on any atom is 0.0612 e. The Hall–Kier alpha value is -0.300. The molecule has 70 valence electrons. The standard InChI is InChI=1S/C11H20O/c1-10(2)8-9-12-11-6-4-3-5-7-11/h3-4,10-11H,5-9H2,1-2H3. The number of rotatable bonds is 4. The quantitative estimate of drug-likeness (QED) is 0.586. The lowest BCUT2D eigenvalue weighted by atomic mass is 10.0. The molecule has 0 saturated heterocycles. The van der Waals surface area contributed by atoms with Gasteiger partial charge in [-0.25, -0.2) is 0 Å². The summed E-state index contributed by atoms with van der Waals surface area (Å²) in [4.78, 5) is 0. The molecule has 1 atom stereocenters. The molecule has 0 spiro atoms. The normalized spacial score (nSPS) is 23.4. The van der Waals surface area contributed by atoms with Crippen molar-refractivity contribution in [3.63, 3.8) is 0 Å². The van der Waals surface area contributed by atoms with Gasteiger partial charge in [-0.05, 0) is 31.6 Å². The predicted molar refractivity (Wildman–Crippen MR) is 52.2 cm³/mol. The van der Waals surface area contributed by atoms with Gasteiger partial charge in [0.25, 0.3) is 0 Å². The van der Waals surface area contributed by atoms with Crippen molar-refractivity contribution < 1.29 is 4.74 Å². The summed E-state index contributed by atoms with van der Waals surface area (Å²) in [6.45, 7) is 5.42. The van der Waals surface area contributed by atoms with Gasteiger partial charge in [-0.2, -0.15) is 0 Å². The fourth-order valence-electron chi connectivity index (χ4n) is 1.39. The second-order valence-electron chi connectivity index (χ2n) is 3.96. The molecule has 0 aromatic rings. The summed E-state index contributed by atoms with van der Waals surface area (Å²) in [5, 5.41) is 0. The molecule has 0 aliphatic heterocycles. The van der Waals surface area contributed by atoms with Gasteiger partial charge in [0.2, 0.25) is 0 Å². The van der Waals surface area contributed by atoms with Crippen LogP contribution in [0.15, 0.2) is 12.2 Å². The van der Waals surface area contributed by atoms with Crippen molar-refractivity contribution in [2.45, 2.75) is 45.6 Å². The molecule has 0 aromatic heterocycles. The molecule has 1 aliphatic carbocycles. The molecule has 0 saturated carbocycles. The summed E-state index contributed by atoms with van der Waals surface area (Å²) in [7, 11) is 0.